The minimum atomic E-state index is -0.529. The molecule has 0 atom stereocenters. The first-order chi connectivity index (χ1) is 13.9. The fourth-order valence-electron chi connectivity index (χ4n) is 2.46. The van der Waals surface area contributed by atoms with Crippen molar-refractivity contribution in [1.29, 1.82) is 0 Å². The number of benzene rings is 2. The van der Waals surface area contributed by atoms with Gasteiger partial charge in [-0.1, -0.05) is 27.5 Å². The van der Waals surface area contributed by atoms with Gasteiger partial charge in [0.25, 0.3) is 11.6 Å². The fourth-order valence-corrected chi connectivity index (χ4v) is 3.09. The van der Waals surface area contributed by atoms with Gasteiger partial charge in [0.1, 0.15) is 17.3 Å². The normalized spacial score (nSPS) is 10.9. The van der Waals surface area contributed by atoms with Crippen LogP contribution in [0.4, 0.5) is 5.69 Å². The van der Waals surface area contributed by atoms with Crippen molar-refractivity contribution in [2.24, 2.45) is 5.10 Å². The Balaban J connectivity index is 1.72. The molecule has 1 aromatic heterocycles. The molecule has 8 nitrogen and oxygen atoms in total. The molecule has 0 saturated carbocycles. The monoisotopic (exact) mass is 477 g/mol. The molecule has 1 amide bonds. The summed E-state index contributed by atoms with van der Waals surface area (Å²) in [6, 6.07) is 12.4. The second kappa shape index (κ2) is 8.89. The Morgan fingerprint density at radius 1 is 1.28 bits per heavy atom. The zero-order chi connectivity index (χ0) is 21.0. The fraction of sp³-hybridized carbons (Fsp3) is 0.0526. The van der Waals surface area contributed by atoms with Crippen LogP contribution in [0.2, 0.25) is 5.02 Å². The Kier molecular flexibility index (Phi) is 6.30. The maximum absolute atomic E-state index is 12.3. The Labute approximate surface area is 178 Å². The smallest absolute Gasteiger partial charge is 0.275 e. The van der Waals surface area contributed by atoms with Crippen molar-refractivity contribution in [3.63, 3.8) is 0 Å². The molecule has 10 heteroatoms. The number of hydrazone groups is 1. The summed E-state index contributed by atoms with van der Waals surface area (Å²) in [6.45, 7) is 0. The number of hydrogen-bond acceptors (Lipinski definition) is 6. The summed E-state index contributed by atoms with van der Waals surface area (Å²) in [5.74, 6) is 0.723. The Hall–Kier alpha value is -3.17. The van der Waals surface area contributed by atoms with Crippen molar-refractivity contribution in [3.8, 4) is 17.1 Å². The lowest BCUT2D eigenvalue weighted by Crippen LogP contribution is -2.18. The molecule has 148 valence electrons. The van der Waals surface area contributed by atoms with Crippen molar-refractivity contribution < 1.29 is 18.9 Å². The SMILES string of the molecule is COc1ccc(Br)cc1C(=O)N/N=C\c1ccc(-c2ccc([N+](=O)[O-])cc2Cl)o1. The van der Waals surface area contributed by atoms with Crippen molar-refractivity contribution in [1.82, 2.24) is 5.43 Å². The molecule has 0 aliphatic heterocycles. The van der Waals surface area contributed by atoms with Crippen LogP contribution in [0, 0.1) is 10.1 Å². The maximum Gasteiger partial charge on any atom is 0.275 e. The summed E-state index contributed by atoms with van der Waals surface area (Å²) >= 11 is 9.41. The van der Waals surface area contributed by atoms with Gasteiger partial charge in [-0.25, -0.2) is 5.43 Å². The largest absolute Gasteiger partial charge is 0.496 e. The van der Waals surface area contributed by atoms with Gasteiger partial charge in [0.15, 0.2) is 0 Å². The van der Waals surface area contributed by atoms with Crippen molar-refractivity contribution in [3.05, 3.63) is 79.5 Å². The number of nitro benzene ring substituents is 1. The highest BCUT2D eigenvalue weighted by atomic mass is 79.9. The second-order valence-corrected chi connectivity index (χ2v) is 6.99. The molecule has 0 aliphatic carbocycles. The molecule has 2 aromatic carbocycles. The second-order valence-electron chi connectivity index (χ2n) is 5.67. The molecule has 1 heterocycles. The van der Waals surface area contributed by atoms with Gasteiger partial charge in [-0.15, -0.1) is 0 Å². The number of carbonyl (C=O) groups excluding carboxylic acids is 1. The highest BCUT2D eigenvalue weighted by Gasteiger charge is 2.14. The zero-order valence-corrected chi connectivity index (χ0v) is 17.2. The maximum atomic E-state index is 12.3. The van der Waals surface area contributed by atoms with Gasteiger partial charge >= 0.3 is 0 Å². The van der Waals surface area contributed by atoms with E-state index in [2.05, 4.69) is 26.5 Å². The summed E-state index contributed by atoms with van der Waals surface area (Å²) in [7, 11) is 1.47. The van der Waals surface area contributed by atoms with Crippen LogP contribution in [0.1, 0.15) is 16.1 Å². The number of rotatable bonds is 6. The molecule has 0 aliphatic rings. The van der Waals surface area contributed by atoms with E-state index < -0.39 is 10.8 Å². The van der Waals surface area contributed by atoms with Crippen LogP contribution in [0.25, 0.3) is 11.3 Å². The lowest BCUT2D eigenvalue weighted by atomic mass is 10.1. The molecule has 0 unspecified atom stereocenters. The molecule has 0 bridgehead atoms. The Morgan fingerprint density at radius 3 is 2.76 bits per heavy atom. The lowest BCUT2D eigenvalue weighted by molar-refractivity contribution is -0.384. The van der Waals surface area contributed by atoms with Crippen molar-refractivity contribution in [2.75, 3.05) is 7.11 Å². The van der Waals surface area contributed by atoms with Gasteiger partial charge in [-0.2, -0.15) is 5.10 Å². The Bertz CT molecular complexity index is 1110. The highest BCUT2D eigenvalue weighted by molar-refractivity contribution is 9.10. The van der Waals surface area contributed by atoms with Crippen LogP contribution < -0.4 is 10.2 Å². The molecular formula is C19H13BrClN3O5. The van der Waals surface area contributed by atoms with Gasteiger partial charge in [0, 0.05) is 22.2 Å². The van der Waals surface area contributed by atoms with E-state index in [0.717, 1.165) is 4.47 Å². The van der Waals surface area contributed by atoms with Crippen LogP contribution >= 0.6 is 27.5 Å². The number of nitrogens with zero attached hydrogens (tertiary/aromatic N) is 2. The average molecular weight is 479 g/mol. The van der Waals surface area contributed by atoms with E-state index in [1.165, 1.54) is 31.5 Å². The van der Waals surface area contributed by atoms with Gasteiger partial charge in [0.05, 0.1) is 28.8 Å². The van der Waals surface area contributed by atoms with E-state index in [-0.39, 0.29) is 10.7 Å². The van der Waals surface area contributed by atoms with Crippen LogP contribution in [0.5, 0.6) is 5.75 Å². The van der Waals surface area contributed by atoms with Crippen LogP contribution in [0.3, 0.4) is 0 Å². The molecule has 0 saturated heterocycles. The number of ether oxygens (including phenoxy) is 1. The molecule has 3 rings (SSSR count). The molecule has 0 radical (unpaired) electrons. The van der Waals surface area contributed by atoms with E-state index in [1.807, 2.05) is 0 Å². The van der Waals surface area contributed by atoms with Gasteiger partial charge in [-0.3, -0.25) is 14.9 Å². The quantitative estimate of drug-likeness (QED) is 0.303. The van der Waals surface area contributed by atoms with E-state index in [1.54, 1.807) is 30.3 Å². The molecule has 0 spiro atoms. The minimum absolute atomic E-state index is 0.113. The van der Waals surface area contributed by atoms with E-state index in [0.29, 0.717) is 28.4 Å². The average Bonchev–Trinajstić information content (AvgIpc) is 3.16. The first-order valence-corrected chi connectivity index (χ1v) is 9.27. The first-order valence-electron chi connectivity index (χ1n) is 8.10. The molecule has 29 heavy (non-hydrogen) atoms. The van der Waals surface area contributed by atoms with Gasteiger partial charge < -0.3 is 9.15 Å². The summed E-state index contributed by atoms with van der Waals surface area (Å²) in [5, 5.41) is 14.9. The number of amides is 1. The lowest BCUT2D eigenvalue weighted by Gasteiger charge is -2.07. The third-order valence-electron chi connectivity index (χ3n) is 3.82. The van der Waals surface area contributed by atoms with Crippen LogP contribution in [-0.4, -0.2) is 24.2 Å². The number of hydrogen-bond donors (Lipinski definition) is 1. The summed E-state index contributed by atoms with van der Waals surface area (Å²) < 4.78 is 11.5. The summed E-state index contributed by atoms with van der Waals surface area (Å²) in [4.78, 5) is 22.6. The number of nitro groups is 1. The molecule has 0 fully saturated rings. The predicted octanol–water partition coefficient (Wildman–Crippen LogP) is 5.04. The van der Waals surface area contributed by atoms with E-state index >= 15 is 0 Å². The number of carbonyl (C=O) groups is 1. The number of furan rings is 1. The third-order valence-corrected chi connectivity index (χ3v) is 4.63. The summed E-state index contributed by atoms with van der Waals surface area (Å²) in [5.41, 5.74) is 3.10. The van der Waals surface area contributed by atoms with E-state index in [9.17, 15) is 14.9 Å². The number of nitrogens with one attached hydrogen (secondary N) is 1. The number of methoxy groups -OCH3 is 1. The third kappa shape index (κ3) is 4.82. The van der Waals surface area contributed by atoms with Gasteiger partial charge in [0.2, 0.25) is 0 Å². The standard InChI is InChI=1S/C19H13BrClN3O5/c1-28-17-6-2-11(20)8-15(17)19(25)23-22-10-13-4-7-18(29-13)14-5-3-12(24(26)27)9-16(14)21/h2-10H,1H3,(H,23,25)/b22-10-. The minimum Gasteiger partial charge on any atom is -0.496 e. The first kappa shape index (κ1) is 20.6. The predicted molar refractivity (Wildman–Crippen MR) is 112 cm³/mol. The van der Waals surface area contributed by atoms with Crippen molar-refractivity contribution in [2.45, 2.75) is 0 Å². The zero-order valence-electron chi connectivity index (χ0n) is 14.9. The summed E-state index contributed by atoms with van der Waals surface area (Å²) in [6.07, 6.45) is 1.32. The molecule has 1 N–H and O–H groups in total. The molecule has 3 aromatic rings. The van der Waals surface area contributed by atoms with Crippen molar-refractivity contribution >= 4 is 45.3 Å². The topological polar surface area (TPSA) is 107 Å². The van der Waals surface area contributed by atoms with Crippen LogP contribution in [0.15, 0.2) is 62.5 Å². The molecular weight excluding hydrogens is 466 g/mol. The van der Waals surface area contributed by atoms with Crippen LogP contribution in [-0.2, 0) is 0 Å². The Morgan fingerprint density at radius 2 is 2.07 bits per heavy atom. The number of halogens is 2. The highest BCUT2D eigenvalue weighted by Crippen LogP contribution is 2.32. The van der Waals surface area contributed by atoms with Gasteiger partial charge in [-0.05, 0) is 36.4 Å². The van der Waals surface area contributed by atoms with E-state index in [4.69, 9.17) is 20.8 Å². The number of non-ortho nitro benzene ring substituents is 1.